The minimum absolute atomic E-state index is 0.0183. The molecule has 0 atom stereocenters. The molecule has 78 valence electrons. The zero-order chi connectivity index (χ0) is 10.6. The molecule has 0 spiro atoms. The largest absolute Gasteiger partial charge is 0.467 e. The number of likely N-dealkylation sites (N-methyl/N-ethyl adjacent to an activating group) is 1. The average molecular weight is 199 g/mol. The number of hydrogen-bond donors (Lipinski definition) is 2. The molecule has 1 aromatic heterocycles. The van der Waals surface area contributed by atoms with E-state index in [9.17, 15) is 0 Å². The van der Waals surface area contributed by atoms with Gasteiger partial charge in [0, 0.05) is 13.6 Å². The highest BCUT2D eigenvalue weighted by Gasteiger charge is 2.08. The monoisotopic (exact) mass is 199 g/mol. The Hall–Kier alpha value is -1.63. The maximum atomic E-state index is 8.72. The highest BCUT2D eigenvalue weighted by atomic mass is 16.5. The van der Waals surface area contributed by atoms with Crippen LogP contribution in [0.15, 0.2) is 0 Å². The van der Waals surface area contributed by atoms with Crippen LogP contribution >= 0.6 is 0 Å². The summed E-state index contributed by atoms with van der Waals surface area (Å²) in [6, 6.07) is 0.164. The third-order valence-corrected chi connectivity index (χ3v) is 1.58. The molecule has 1 rings (SSSR count). The quantitative estimate of drug-likeness (QED) is 0.634. The Kier molecular flexibility index (Phi) is 3.41. The molecule has 0 amide bonds. The Balaban J connectivity index is 2.90. The third kappa shape index (κ3) is 2.43. The van der Waals surface area contributed by atoms with Crippen LogP contribution in [0.3, 0.4) is 0 Å². The molecule has 3 N–H and O–H groups in total. The molecule has 0 aliphatic heterocycles. The van der Waals surface area contributed by atoms with Gasteiger partial charge in [-0.2, -0.15) is 15.0 Å². The van der Waals surface area contributed by atoms with Gasteiger partial charge in [-0.05, 0) is 0 Å². The summed E-state index contributed by atoms with van der Waals surface area (Å²) in [4.78, 5) is 13.2. The highest BCUT2D eigenvalue weighted by molar-refractivity contribution is 5.34. The first-order valence-corrected chi connectivity index (χ1v) is 4.05. The van der Waals surface area contributed by atoms with E-state index in [1.165, 1.54) is 7.11 Å². The smallest absolute Gasteiger partial charge is 0.322 e. The molecule has 0 aliphatic rings. The van der Waals surface area contributed by atoms with Gasteiger partial charge in [-0.3, -0.25) is 0 Å². The van der Waals surface area contributed by atoms with E-state index in [4.69, 9.17) is 15.6 Å². The predicted octanol–water partition coefficient (Wildman–Crippen LogP) is -1.11. The number of nitrogen functional groups attached to an aromatic ring is 1. The first-order chi connectivity index (χ1) is 6.67. The molecule has 0 radical (unpaired) electrons. The number of anilines is 2. The van der Waals surface area contributed by atoms with Gasteiger partial charge in [-0.25, -0.2) is 0 Å². The molecular formula is C7H13N5O2. The molecule has 1 aromatic rings. The van der Waals surface area contributed by atoms with E-state index < -0.39 is 0 Å². The van der Waals surface area contributed by atoms with E-state index in [0.29, 0.717) is 12.5 Å². The summed E-state index contributed by atoms with van der Waals surface area (Å²) in [5, 5.41) is 8.72. The maximum absolute atomic E-state index is 8.72. The first-order valence-electron chi connectivity index (χ1n) is 4.05. The summed E-state index contributed by atoms with van der Waals surface area (Å²) < 4.78 is 4.83. The number of aromatic nitrogens is 3. The van der Waals surface area contributed by atoms with Crippen molar-refractivity contribution in [2.75, 3.05) is 37.9 Å². The van der Waals surface area contributed by atoms with Crippen LogP contribution in [0.4, 0.5) is 11.9 Å². The Morgan fingerprint density at radius 1 is 1.43 bits per heavy atom. The molecule has 14 heavy (non-hydrogen) atoms. The number of hydrogen-bond acceptors (Lipinski definition) is 7. The van der Waals surface area contributed by atoms with Crippen molar-refractivity contribution in [1.82, 2.24) is 15.0 Å². The van der Waals surface area contributed by atoms with Gasteiger partial charge in [0.05, 0.1) is 13.7 Å². The van der Waals surface area contributed by atoms with Crippen LogP contribution in [0, 0.1) is 0 Å². The van der Waals surface area contributed by atoms with Gasteiger partial charge in [0.25, 0.3) is 0 Å². The zero-order valence-electron chi connectivity index (χ0n) is 8.14. The maximum Gasteiger partial charge on any atom is 0.322 e. The summed E-state index contributed by atoms with van der Waals surface area (Å²) in [6.07, 6.45) is 0. The van der Waals surface area contributed by atoms with E-state index in [0.717, 1.165) is 0 Å². The second kappa shape index (κ2) is 4.56. The lowest BCUT2D eigenvalue weighted by molar-refractivity contribution is 0.303. The number of aliphatic hydroxyl groups is 1. The van der Waals surface area contributed by atoms with Gasteiger partial charge in [-0.1, -0.05) is 0 Å². The van der Waals surface area contributed by atoms with Gasteiger partial charge in [0.1, 0.15) is 0 Å². The second-order valence-corrected chi connectivity index (χ2v) is 2.63. The lowest BCUT2D eigenvalue weighted by atomic mass is 10.6. The minimum Gasteiger partial charge on any atom is -0.467 e. The number of nitrogens with zero attached hydrogens (tertiary/aromatic N) is 4. The molecule has 0 bridgehead atoms. The van der Waals surface area contributed by atoms with Crippen molar-refractivity contribution >= 4 is 11.9 Å². The Labute approximate surface area is 81.6 Å². The number of methoxy groups -OCH3 is 1. The van der Waals surface area contributed by atoms with Crippen molar-refractivity contribution < 1.29 is 9.84 Å². The van der Waals surface area contributed by atoms with Crippen molar-refractivity contribution in [2.45, 2.75) is 0 Å². The van der Waals surface area contributed by atoms with E-state index in [1.54, 1.807) is 11.9 Å². The second-order valence-electron chi connectivity index (χ2n) is 2.63. The zero-order valence-corrected chi connectivity index (χ0v) is 8.14. The van der Waals surface area contributed by atoms with Crippen LogP contribution in [0.1, 0.15) is 0 Å². The summed E-state index contributed by atoms with van der Waals surface area (Å²) in [7, 11) is 3.19. The van der Waals surface area contributed by atoms with Crippen LogP contribution in [0.2, 0.25) is 0 Å². The Morgan fingerprint density at radius 2 is 2.14 bits per heavy atom. The molecule has 0 saturated carbocycles. The lowest BCUT2D eigenvalue weighted by Crippen LogP contribution is -2.24. The van der Waals surface area contributed by atoms with E-state index >= 15 is 0 Å². The van der Waals surface area contributed by atoms with Crippen molar-refractivity contribution in [3.8, 4) is 6.01 Å². The fourth-order valence-electron chi connectivity index (χ4n) is 0.873. The van der Waals surface area contributed by atoms with Crippen molar-refractivity contribution in [2.24, 2.45) is 0 Å². The topological polar surface area (TPSA) is 97.4 Å². The fraction of sp³-hybridized carbons (Fsp3) is 0.571. The fourth-order valence-corrected chi connectivity index (χ4v) is 0.873. The summed E-state index contributed by atoms with van der Waals surface area (Å²) in [5.41, 5.74) is 5.44. The van der Waals surface area contributed by atoms with Gasteiger partial charge < -0.3 is 20.5 Å². The van der Waals surface area contributed by atoms with E-state index in [1.807, 2.05) is 0 Å². The van der Waals surface area contributed by atoms with Crippen molar-refractivity contribution in [3.05, 3.63) is 0 Å². The summed E-state index contributed by atoms with van der Waals surface area (Å²) in [5.74, 6) is 0.472. The molecule has 7 nitrogen and oxygen atoms in total. The van der Waals surface area contributed by atoms with Crippen LogP contribution in [0.5, 0.6) is 6.01 Å². The predicted molar refractivity (Wildman–Crippen MR) is 51.1 cm³/mol. The minimum atomic E-state index is 0.0183. The molecule has 0 aromatic carbocycles. The number of rotatable bonds is 4. The van der Waals surface area contributed by atoms with E-state index in [-0.39, 0.29) is 18.6 Å². The number of ether oxygens (including phenoxy) is 1. The number of nitrogens with two attached hydrogens (primary N) is 1. The van der Waals surface area contributed by atoms with E-state index in [2.05, 4.69) is 15.0 Å². The summed E-state index contributed by atoms with van der Waals surface area (Å²) in [6.45, 7) is 0.441. The van der Waals surface area contributed by atoms with Crippen LogP contribution in [-0.4, -0.2) is 47.4 Å². The highest BCUT2D eigenvalue weighted by Crippen LogP contribution is 2.10. The Morgan fingerprint density at radius 3 is 2.71 bits per heavy atom. The van der Waals surface area contributed by atoms with Crippen LogP contribution < -0.4 is 15.4 Å². The molecule has 0 saturated heterocycles. The number of aliphatic hydroxyl groups excluding tert-OH is 1. The molecule has 0 aliphatic carbocycles. The standard InChI is InChI=1S/C7H13N5O2/c1-12(3-4-13)6-9-5(8)10-7(11-6)14-2/h13H,3-4H2,1-2H3,(H2,8,9,10,11). The van der Waals surface area contributed by atoms with Crippen LogP contribution in [-0.2, 0) is 0 Å². The van der Waals surface area contributed by atoms with Crippen molar-refractivity contribution in [3.63, 3.8) is 0 Å². The van der Waals surface area contributed by atoms with Gasteiger partial charge in [-0.15, -0.1) is 0 Å². The lowest BCUT2D eigenvalue weighted by Gasteiger charge is -2.15. The van der Waals surface area contributed by atoms with Gasteiger partial charge in [0.2, 0.25) is 11.9 Å². The SMILES string of the molecule is COc1nc(N)nc(N(C)CCO)n1. The molecular weight excluding hydrogens is 186 g/mol. The normalized spacial score (nSPS) is 9.93. The molecule has 1 heterocycles. The van der Waals surface area contributed by atoms with Crippen LogP contribution in [0.25, 0.3) is 0 Å². The first kappa shape index (κ1) is 10.5. The molecule has 0 unspecified atom stereocenters. The molecule has 7 heteroatoms. The van der Waals surface area contributed by atoms with Crippen molar-refractivity contribution in [1.29, 1.82) is 0 Å². The average Bonchev–Trinajstić information content (AvgIpc) is 2.17. The summed E-state index contributed by atoms with van der Waals surface area (Å²) >= 11 is 0. The third-order valence-electron chi connectivity index (χ3n) is 1.58. The Bertz CT molecular complexity index is 306. The molecule has 0 fully saturated rings. The van der Waals surface area contributed by atoms with Gasteiger partial charge >= 0.3 is 6.01 Å². The van der Waals surface area contributed by atoms with Gasteiger partial charge in [0.15, 0.2) is 0 Å².